The lowest BCUT2D eigenvalue weighted by Gasteiger charge is -2.61. The molecular weight excluding hydrogens is 498 g/mol. The van der Waals surface area contributed by atoms with Crippen molar-refractivity contribution < 1.29 is 14.7 Å². The molecule has 0 spiro atoms. The summed E-state index contributed by atoms with van der Waals surface area (Å²) in [5.74, 6) is 5.63. The van der Waals surface area contributed by atoms with Gasteiger partial charge in [0.15, 0.2) is 0 Å². The van der Waals surface area contributed by atoms with Crippen LogP contribution >= 0.6 is 0 Å². The molecule has 5 aliphatic carbocycles. The normalized spacial score (nSPS) is 42.0. The number of aliphatic hydroxyl groups is 1. The largest absolute Gasteiger partial charge is 0.393 e. The monoisotopic (exact) mass is 555 g/mol. The zero-order valence-corrected chi connectivity index (χ0v) is 26.0. The van der Waals surface area contributed by atoms with Crippen LogP contribution in [0, 0.1) is 52.3 Å². The van der Waals surface area contributed by atoms with Crippen LogP contribution < -0.4 is 0 Å². The zero-order valence-electron chi connectivity index (χ0n) is 26.0. The molecule has 6 aliphatic rings. The first-order valence-electron chi connectivity index (χ1n) is 17.1. The van der Waals surface area contributed by atoms with Gasteiger partial charge in [-0.1, -0.05) is 20.8 Å². The van der Waals surface area contributed by atoms with Crippen molar-refractivity contribution in [1.82, 2.24) is 14.7 Å². The van der Waals surface area contributed by atoms with E-state index in [-0.39, 0.29) is 12.1 Å². The second-order valence-corrected chi connectivity index (χ2v) is 15.8. The summed E-state index contributed by atoms with van der Waals surface area (Å²) in [4.78, 5) is 31.8. The van der Waals surface area contributed by atoms with Gasteiger partial charge in [-0.25, -0.2) is 4.79 Å². The minimum absolute atomic E-state index is 0.0621. The molecule has 0 radical (unpaired) electrons. The van der Waals surface area contributed by atoms with Crippen molar-refractivity contribution in [3.8, 4) is 0 Å². The number of hydrogen-bond donors (Lipinski definition) is 1. The molecule has 0 aromatic carbocycles. The van der Waals surface area contributed by atoms with E-state index in [1.54, 1.807) is 0 Å². The second-order valence-electron chi connectivity index (χ2n) is 15.8. The Morgan fingerprint density at radius 3 is 2.27 bits per heavy atom. The molecule has 1 N–H and O–H groups in total. The van der Waals surface area contributed by atoms with Gasteiger partial charge in [0.1, 0.15) is 0 Å². The van der Waals surface area contributed by atoms with Crippen molar-refractivity contribution in [2.24, 2.45) is 52.3 Å². The Labute approximate surface area is 243 Å². The van der Waals surface area contributed by atoms with Crippen LogP contribution in [-0.4, -0.2) is 77.6 Å². The fraction of sp³-hybridized carbons (Fsp3) is 0.941. The summed E-state index contributed by atoms with van der Waals surface area (Å²) in [7, 11) is 1.92. The summed E-state index contributed by atoms with van der Waals surface area (Å²) in [5.41, 5.74) is 0.875. The summed E-state index contributed by atoms with van der Waals surface area (Å²) in [5, 5.41) is 10.4. The highest BCUT2D eigenvalue weighted by Gasteiger charge is 2.60. The van der Waals surface area contributed by atoms with Crippen molar-refractivity contribution in [2.45, 2.75) is 110 Å². The number of piperazine rings is 1. The molecule has 6 nitrogen and oxygen atoms in total. The van der Waals surface area contributed by atoms with Crippen LogP contribution in [0.5, 0.6) is 0 Å². The van der Waals surface area contributed by atoms with Gasteiger partial charge in [-0.15, -0.1) is 0 Å². The van der Waals surface area contributed by atoms with E-state index in [1.807, 2.05) is 21.7 Å². The van der Waals surface area contributed by atoms with E-state index < -0.39 is 0 Å². The number of rotatable bonds is 6. The molecule has 1 saturated heterocycles. The van der Waals surface area contributed by atoms with E-state index in [0.717, 1.165) is 55.4 Å². The van der Waals surface area contributed by atoms with E-state index in [2.05, 4.69) is 20.8 Å². The van der Waals surface area contributed by atoms with Crippen LogP contribution in [0.1, 0.15) is 104 Å². The molecule has 1 unspecified atom stereocenters. The van der Waals surface area contributed by atoms with Gasteiger partial charge in [-0.2, -0.15) is 0 Å². The Bertz CT molecular complexity index is 945. The van der Waals surface area contributed by atoms with Gasteiger partial charge in [0, 0.05) is 46.2 Å². The molecule has 6 heteroatoms. The first-order valence-corrected chi connectivity index (χ1v) is 17.1. The third-order valence-electron chi connectivity index (χ3n) is 13.7. The number of aliphatic hydroxyl groups excluding tert-OH is 1. The van der Waals surface area contributed by atoms with Gasteiger partial charge in [-0.05, 0) is 129 Å². The Balaban J connectivity index is 0.995. The molecule has 226 valence electrons. The van der Waals surface area contributed by atoms with E-state index in [0.29, 0.717) is 61.2 Å². The van der Waals surface area contributed by atoms with Crippen LogP contribution in [0.25, 0.3) is 0 Å². The Morgan fingerprint density at radius 2 is 1.55 bits per heavy atom. The third-order valence-corrected chi connectivity index (χ3v) is 13.7. The first-order chi connectivity index (χ1) is 19.1. The average molecular weight is 556 g/mol. The molecule has 0 bridgehead atoms. The first kappa shape index (κ1) is 28.8. The predicted molar refractivity (Wildman–Crippen MR) is 159 cm³/mol. The summed E-state index contributed by atoms with van der Waals surface area (Å²) in [6, 6.07) is 0.134. The van der Waals surface area contributed by atoms with Gasteiger partial charge in [0.2, 0.25) is 5.91 Å². The molecule has 1 aliphatic heterocycles. The minimum Gasteiger partial charge on any atom is -0.393 e. The number of hydrogen-bond acceptors (Lipinski definition) is 3. The number of carbonyl (C=O) groups is 2. The van der Waals surface area contributed by atoms with Gasteiger partial charge >= 0.3 is 6.03 Å². The molecule has 0 aromatic heterocycles. The van der Waals surface area contributed by atoms with Crippen LogP contribution in [0.2, 0.25) is 0 Å². The topological polar surface area (TPSA) is 64.1 Å². The molecule has 40 heavy (non-hydrogen) atoms. The summed E-state index contributed by atoms with van der Waals surface area (Å²) < 4.78 is 0. The molecule has 1 heterocycles. The highest BCUT2D eigenvalue weighted by molar-refractivity contribution is 5.77. The van der Waals surface area contributed by atoms with Gasteiger partial charge in [0.05, 0.1) is 6.10 Å². The summed E-state index contributed by atoms with van der Waals surface area (Å²) in [6.45, 7) is 11.2. The SMILES string of the molecule is CC(CCC(=O)N1CCN(C(=O)N(C)CC2CC2)CC1)[C@H]1CC[C@H]2[C@@H]3CC[C@H]4C[C@@H](O)CC[C@]4(C)[C@H]3CC[C@]12C. The van der Waals surface area contributed by atoms with Crippen LogP contribution in [0.15, 0.2) is 0 Å². The molecule has 5 saturated carbocycles. The molecule has 3 amide bonds. The smallest absolute Gasteiger partial charge is 0.319 e. The lowest BCUT2D eigenvalue weighted by atomic mass is 9.44. The van der Waals surface area contributed by atoms with Gasteiger partial charge in [0.25, 0.3) is 0 Å². The predicted octanol–water partition coefficient (Wildman–Crippen LogP) is 6.03. The maximum Gasteiger partial charge on any atom is 0.319 e. The molecule has 6 rings (SSSR count). The molecule has 6 fully saturated rings. The second kappa shape index (κ2) is 11.1. The Hall–Kier alpha value is -1.30. The Kier molecular flexibility index (Phi) is 7.98. The third kappa shape index (κ3) is 5.22. The Morgan fingerprint density at radius 1 is 0.875 bits per heavy atom. The highest BCUT2D eigenvalue weighted by atomic mass is 16.3. The maximum absolute atomic E-state index is 13.2. The molecular formula is C34H57N3O3. The van der Waals surface area contributed by atoms with E-state index in [4.69, 9.17) is 0 Å². The fourth-order valence-electron chi connectivity index (χ4n) is 11.1. The van der Waals surface area contributed by atoms with Gasteiger partial charge < -0.3 is 19.8 Å². The molecule has 0 aromatic rings. The summed E-state index contributed by atoms with van der Waals surface area (Å²) in [6.07, 6.45) is 15.5. The molecule has 9 atom stereocenters. The van der Waals surface area contributed by atoms with E-state index >= 15 is 0 Å². The van der Waals surface area contributed by atoms with Crippen molar-refractivity contribution >= 4 is 11.9 Å². The van der Waals surface area contributed by atoms with Crippen molar-refractivity contribution in [3.63, 3.8) is 0 Å². The number of urea groups is 1. The summed E-state index contributed by atoms with van der Waals surface area (Å²) >= 11 is 0. The zero-order chi connectivity index (χ0) is 28.2. The van der Waals surface area contributed by atoms with Gasteiger partial charge in [-0.3, -0.25) is 4.79 Å². The van der Waals surface area contributed by atoms with Crippen molar-refractivity contribution in [1.29, 1.82) is 0 Å². The van der Waals surface area contributed by atoms with Crippen molar-refractivity contribution in [3.05, 3.63) is 0 Å². The number of nitrogens with zero attached hydrogens (tertiary/aromatic N) is 3. The lowest BCUT2D eigenvalue weighted by molar-refractivity contribution is -0.134. The van der Waals surface area contributed by atoms with E-state index in [1.165, 1.54) is 57.8 Å². The number of carbonyl (C=O) groups excluding carboxylic acids is 2. The minimum atomic E-state index is -0.0621. The number of fused-ring (bicyclic) bond motifs is 5. The van der Waals surface area contributed by atoms with E-state index in [9.17, 15) is 14.7 Å². The van der Waals surface area contributed by atoms with Crippen molar-refractivity contribution in [2.75, 3.05) is 39.8 Å². The average Bonchev–Trinajstić information content (AvgIpc) is 3.69. The lowest BCUT2D eigenvalue weighted by Crippen LogP contribution is -2.54. The standard InChI is InChI=1S/C34H57N3O3/c1-23(5-12-31(39)36-17-19-37(20-18-36)32(40)35(4)22-24-6-7-24)28-10-11-29-27-9-8-25-21-26(38)13-15-33(25,2)30(27)14-16-34(28,29)3/h23-30,38H,5-22H2,1-4H3/t23?,25-,26-,27-,28+,29-,30-,33-,34+/m0/s1. The van der Waals surface area contributed by atoms with Crippen LogP contribution in [0.4, 0.5) is 4.79 Å². The highest BCUT2D eigenvalue weighted by Crippen LogP contribution is 2.68. The fourth-order valence-corrected chi connectivity index (χ4v) is 11.1. The van der Waals surface area contributed by atoms with Crippen LogP contribution in [-0.2, 0) is 4.79 Å². The quantitative estimate of drug-likeness (QED) is 0.435. The maximum atomic E-state index is 13.2. The number of amides is 3. The van der Waals surface area contributed by atoms with Crippen LogP contribution in [0.3, 0.4) is 0 Å².